The first-order valence-corrected chi connectivity index (χ1v) is 16.4. The number of ether oxygens (including phenoxy) is 1. The number of hydrogen-bond acceptors (Lipinski definition) is 8. The summed E-state index contributed by atoms with van der Waals surface area (Å²) in [4.78, 5) is 46.0. The molecule has 1 spiro atoms. The van der Waals surface area contributed by atoms with Crippen LogP contribution >= 0.6 is 0 Å². The second-order valence-electron chi connectivity index (χ2n) is 13.4. The number of nitrogens with one attached hydrogen (secondary N) is 4. The summed E-state index contributed by atoms with van der Waals surface area (Å²) in [5, 5.41) is 22.8. The molecule has 7 rings (SSSR count). The number of para-hydroxylation sites is 1. The van der Waals surface area contributed by atoms with Crippen molar-refractivity contribution in [2.45, 2.75) is 70.5 Å². The number of rotatable bonds is 7. The van der Waals surface area contributed by atoms with E-state index in [1.165, 1.54) is 0 Å². The summed E-state index contributed by atoms with van der Waals surface area (Å²) in [6.07, 6.45) is -1.80. The van der Waals surface area contributed by atoms with Crippen molar-refractivity contribution in [2.75, 3.05) is 5.32 Å². The molecule has 3 aliphatic heterocycles. The first-order chi connectivity index (χ1) is 23.1. The predicted molar refractivity (Wildman–Crippen MR) is 177 cm³/mol. The fourth-order valence-corrected chi connectivity index (χ4v) is 6.88. The quantitative estimate of drug-likeness (QED) is 0.202. The minimum absolute atomic E-state index is 0.0929. The van der Waals surface area contributed by atoms with Gasteiger partial charge in [0.05, 0.1) is 0 Å². The molecule has 0 aliphatic carbocycles. The Labute approximate surface area is 278 Å². The highest BCUT2D eigenvalue weighted by Crippen LogP contribution is 2.58. The third-order valence-electron chi connectivity index (χ3n) is 9.46. The number of aliphatic hydroxyl groups is 1. The van der Waals surface area contributed by atoms with Crippen LogP contribution in [0.3, 0.4) is 0 Å². The zero-order valence-electron chi connectivity index (χ0n) is 27.2. The van der Waals surface area contributed by atoms with Gasteiger partial charge >= 0.3 is 0 Å². The highest BCUT2D eigenvalue weighted by atomic mass is 16.5. The van der Waals surface area contributed by atoms with Gasteiger partial charge in [0.15, 0.2) is 17.7 Å². The molecule has 1 aromatic heterocycles. The second-order valence-corrected chi connectivity index (χ2v) is 13.4. The third kappa shape index (κ3) is 5.18. The van der Waals surface area contributed by atoms with E-state index >= 15 is 0 Å². The summed E-state index contributed by atoms with van der Waals surface area (Å²) in [6.45, 7) is 7.57. The molecule has 4 heterocycles. The minimum atomic E-state index is -1.29. The van der Waals surface area contributed by atoms with Crippen molar-refractivity contribution in [3.63, 3.8) is 0 Å². The molecule has 3 amide bonds. The van der Waals surface area contributed by atoms with E-state index < -0.39 is 47.6 Å². The van der Waals surface area contributed by atoms with Crippen LogP contribution in [0.25, 0.3) is 0 Å². The van der Waals surface area contributed by atoms with Gasteiger partial charge in [0, 0.05) is 24.2 Å². The Bertz CT molecular complexity index is 1890. The van der Waals surface area contributed by atoms with Gasteiger partial charge in [-0.3, -0.25) is 14.4 Å². The molecule has 5 atom stereocenters. The fraction of sp³-hybridized carbons (Fsp3) is 0.351. The van der Waals surface area contributed by atoms with Crippen LogP contribution in [0.4, 0.5) is 5.69 Å². The van der Waals surface area contributed by atoms with Gasteiger partial charge in [-0.05, 0) is 40.7 Å². The number of benzene rings is 3. The molecule has 48 heavy (non-hydrogen) atoms. The molecule has 4 bridgehead atoms. The Morgan fingerprint density at radius 2 is 1.75 bits per heavy atom. The Morgan fingerprint density at radius 3 is 2.50 bits per heavy atom. The van der Waals surface area contributed by atoms with Gasteiger partial charge in [0.2, 0.25) is 17.7 Å². The van der Waals surface area contributed by atoms with Crippen LogP contribution in [0, 0.1) is 11.8 Å². The van der Waals surface area contributed by atoms with Gasteiger partial charge in [-0.2, -0.15) is 0 Å². The van der Waals surface area contributed by atoms with E-state index in [0.29, 0.717) is 11.5 Å². The summed E-state index contributed by atoms with van der Waals surface area (Å²) in [7, 11) is 0. The molecule has 248 valence electrons. The van der Waals surface area contributed by atoms with Crippen LogP contribution < -0.4 is 26.0 Å². The zero-order chi connectivity index (χ0) is 33.7. The average molecular weight is 650 g/mol. The average Bonchev–Trinajstić information content (AvgIpc) is 3.74. The highest BCUT2D eigenvalue weighted by molar-refractivity contribution is 5.95. The molecule has 0 fully saturated rings. The first-order valence-electron chi connectivity index (χ1n) is 16.4. The van der Waals surface area contributed by atoms with Crippen molar-refractivity contribution < 1.29 is 28.6 Å². The number of fused-ring (bicyclic) bond motifs is 4. The standard InChI is InChI=1S/C37H39N5O6/c1-19(2)28-35-42-29(33(45)38-18-21-10-6-5-7-11-21)31(48-35)37-23-12-8-9-13-25(23)40-36(37)47-27-15-14-22(16-24(27)37)17-26(32(44)41-28)39-34(46)30(43)20(3)4/h5-16,19-20,26,28,30,36,40,43H,17-18H2,1-4H3,(H,38,45)(H,39,46)(H,41,44)/t26-,28-,30-,36?,37-/m0/s1. The van der Waals surface area contributed by atoms with Gasteiger partial charge in [0.1, 0.15) is 29.4 Å². The van der Waals surface area contributed by atoms with Gasteiger partial charge in [0.25, 0.3) is 5.91 Å². The van der Waals surface area contributed by atoms with Crippen LogP contribution in [-0.2, 0) is 28.0 Å². The van der Waals surface area contributed by atoms with Gasteiger partial charge in [-0.15, -0.1) is 0 Å². The topological polar surface area (TPSA) is 155 Å². The van der Waals surface area contributed by atoms with Crippen molar-refractivity contribution >= 4 is 23.4 Å². The van der Waals surface area contributed by atoms with Crippen LogP contribution in [-0.4, -0.2) is 46.2 Å². The molecule has 0 radical (unpaired) electrons. The molecule has 0 saturated carbocycles. The lowest BCUT2D eigenvalue weighted by atomic mass is 9.72. The minimum Gasteiger partial charge on any atom is -0.469 e. The molecule has 11 nitrogen and oxygen atoms in total. The lowest BCUT2D eigenvalue weighted by Gasteiger charge is -2.29. The van der Waals surface area contributed by atoms with Crippen LogP contribution in [0.1, 0.15) is 78.1 Å². The van der Waals surface area contributed by atoms with E-state index in [2.05, 4.69) is 21.3 Å². The van der Waals surface area contributed by atoms with Gasteiger partial charge in [-0.25, -0.2) is 4.98 Å². The normalized spacial score (nSPS) is 22.7. The van der Waals surface area contributed by atoms with Crippen molar-refractivity contribution in [3.05, 3.63) is 112 Å². The van der Waals surface area contributed by atoms with Gasteiger partial charge < -0.3 is 35.5 Å². The monoisotopic (exact) mass is 649 g/mol. The van der Waals surface area contributed by atoms with E-state index in [-0.39, 0.29) is 36.4 Å². The Hall–Kier alpha value is -5.16. The smallest absolute Gasteiger partial charge is 0.273 e. The predicted octanol–water partition coefficient (Wildman–Crippen LogP) is 3.95. The van der Waals surface area contributed by atoms with Crippen LogP contribution in [0.5, 0.6) is 5.75 Å². The van der Waals surface area contributed by atoms with E-state index in [1.807, 2.05) is 86.6 Å². The van der Waals surface area contributed by atoms with E-state index in [4.69, 9.17) is 14.1 Å². The molecule has 0 saturated heterocycles. The molecule has 3 aromatic carbocycles. The summed E-state index contributed by atoms with van der Waals surface area (Å²) >= 11 is 0. The SMILES string of the molecule is CC(C)[C@H](O)C(=O)N[C@H]1Cc2ccc3c(c2)[C@@]2(c4ccccc4NC2O3)c2oc(nc2C(=O)NCc2ccccc2)[C@H](C(C)C)NC1=O. The summed E-state index contributed by atoms with van der Waals surface area (Å²) < 4.78 is 13.3. The summed E-state index contributed by atoms with van der Waals surface area (Å²) in [5.74, 6) is -1.02. The van der Waals surface area contributed by atoms with Crippen molar-refractivity contribution in [3.8, 4) is 5.75 Å². The molecular formula is C37H39N5O6. The Morgan fingerprint density at radius 1 is 1.00 bits per heavy atom. The molecular weight excluding hydrogens is 610 g/mol. The number of carbonyl (C=O) groups excluding carboxylic acids is 3. The maximum Gasteiger partial charge on any atom is 0.273 e. The summed E-state index contributed by atoms with van der Waals surface area (Å²) in [6, 6.07) is 21.3. The molecule has 11 heteroatoms. The molecule has 1 unspecified atom stereocenters. The molecule has 4 aromatic rings. The fourth-order valence-electron chi connectivity index (χ4n) is 6.88. The maximum atomic E-state index is 14.2. The number of aliphatic hydroxyl groups excluding tert-OH is 1. The van der Waals surface area contributed by atoms with E-state index in [0.717, 1.165) is 27.9 Å². The van der Waals surface area contributed by atoms with Crippen LogP contribution in [0.15, 0.2) is 77.2 Å². The number of aromatic nitrogens is 1. The first kappa shape index (κ1) is 31.4. The van der Waals surface area contributed by atoms with Gasteiger partial charge in [-0.1, -0.05) is 88.4 Å². The number of hydrogen-bond donors (Lipinski definition) is 5. The number of oxazole rings is 1. The van der Waals surface area contributed by atoms with Crippen molar-refractivity contribution in [1.82, 2.24) is 20.9 Å². The second kappa shape index (κ2) is 12.1. The van der Waals surface area contributed by atoms with Crippen LogP contribution in [0.2, 0.25) is 0 Å². The largest absolute Gasteiger partial charge is 0.469 e. The Balaban J connectivity index is 1.41. The summed E-state index contributed by atoms with van der Waals surface area (Å²) in [5.41, 5.74) is 3.10. The number of nitrogens with zero attached hydrogens (tertiary/aromatic N) is 1. The lowest BCUT2D eigenvalue weighted by molar-refractivity contribution is -0.135. The maximum absolute atomic E-state index is 14.2. The lowest BCUT2D eigenvalue weighted by Crippen LogP contribution is -2.52. The number of carbonyl (C=O) groups is 3. The third-order valence-corrected chi connectivity index (χ3v) is 9.46. The number of amides is 3. The van der Waals surface area contributed by atoms with E-state index in [1.54, 1.807) is 13.8 Å². The molecule has 5 N–H and O–H groups in total. The van der Waals surface area contributed by atoms with Crippen molar-refractivity contribution in [1.29, 1.82) is 0 Å². The number of anilines is 1. The zero-order valence-corrected chi connectivity index (χ0v) is 27.2. The van der Waals surface area contributed by atoms with E-state index in [9.17, 15) is 19.5 Å². The molecule has 3 aliphatic rings. The highest BCUT2D eigenvalue weighted by Gasteiger charge is 2.61. The Kier molecular flexibility index (Phi) is 7.95. The van der Waals surface area contributed by atoms with Crippen molar-refractivity contribution in [2.24, 2.45) is 11.8 Å².